The average Bonchev–Trinajstić information content (AvgIpc) is 2.37. The number of rotatable bonds is 1. The molecule has 2 heterocycles. The summed E-state index contributed by atoms with van der Waals surface area (Å²) in [5.74, 6) is -2.16. The Bertz CT molecular complexity index is 977. The molecule has 0 spiro atoms. The van der Waals surface area contributed by atoms with Crippen molar-refractivity contribution in [3.63, 3.8) is 0 Å². The van der Waals surface area contributed by atoms with Crippen molar-refractivity contribution in [3.8, 4) is 0 Å². The summed E-state index contributed by atoms with van der Waals surface area (Å²) < 4.78 is 10.1. The van der Waals surface area contributed by atoms with Gasteiger partial charge in [0.05, 0.1) is 0 Å². The minimum atomic E-state index is -1.59. The highest BCUT2D eigenvalue weighted by atomic mass is 16.4. The Morgan fingerprint density at radius 2 is 1.90 bits per heavy atom. The van der Waals surface area contributed by atoms with Gasteiger partial charge in [-0.1, -0.05) is 0 Å². The fraction of sp³-hybridized carbons (Fsp3) is 0.0714. The second-order valence-corrected chi connectivity index (χ2v) is 4.33. The Balaban J connectivity index is 2.58. The molecule has 0 radical (unpaired) electrons. The minimum absolute atomic E-state index is 0.0259. The zero-order valence-corrected chi connectivity index (χ0v) is 10.3. The van der Waals surface area contributed by atoms with Crippen LogP contribution in [0.25, 0.3) is 21.9 Å². The predicted molar refractivity (Wildman–Crippen MR) is 67.6 cm³/mol. The molecule has 0 bridgehead atoms. The first-order chi connectivity index (χ1) is 9.47. The number of carboxylic acid groups (broad SMARTS) is 1. The molecule has 0 unspecified atom stereocenters. The van der Waals surface area contributed by atoms with Crippen molar-refractivity contribution in [2.24, 2.45) is 0 Å². The van der Waals surface area contributed by atoms with Crippen molar-refractivity contribution in [3.05, 3.63) is 56.2 Å². The first-order valence-electron chi connectivity index (χ1n) is 5.70. The van der Waals surface area contributed by atoms with Gasteiger partial charge in [0.2, 0.25) is 0 Å². The van der Waals surface area contributed by atoms with E-state index in [-0.39, 0.29) is 16.6 Å². The van der Waals surface area contributed by atoms with E-state index in [1.807, 2.05) is 0 Å². The van der Waals surface area contributed by atoms with Gasteiger partial charge in [0.1, 0.15) is 16.9 Å². The number of hydrogen-bond donors (Lipinski definition) is 0. The van der Waals surface area contributed by atoms with Crippen LogP contribution in [0.2, 0.25) is 0 Å². The molecular weight excluding hydrogens is 264 g/mol. The summed E-state index contributed by atoms with van der Waals surface area (Å²) >= 11 is 0. The van der Waals surface area contributed by atoms with Gasteiger partial charge >= 0.3 is 5.63 Å². The Morgan fingerprint density at radius 3 is 2.60 bits per heavy atom. The van der Waals surface area contributed by atoms with Crippen molar-refractivity contribution in [2.45, 2.75) is 6.92 Å². The van der Waals surface area contributed by atoms with Gasteiger partial charge in [0.25, 0.3) is 0 Å². The van der Waals surface area contributed by atoms with Crippen molar-refractivity contribution >= 4 is 27.9 Å². The summed E-state index contributed by atoms with van der Waals surface area (Å²) in [6.07, 6.45) is 0. The zero-order chi connectivity index (χ0) is 14.4. The van der Waals surface area contributed by atoms with E-state index in [2.05, 4.69) is 0 Å². The van der Waals surface area contributed by atoms with Crippen LogP contribution in [0.5, 0.6) is 0 Å². The molecule has 0 aliphatic carbocycles. The van der Waals surface area contributed by atoms with Crippen LogP contribution >= 0.6 is 0 Å². The Labute approximate surface area is 110 Å². The van der Waals surface area contributed by atoms with Crippen molar-refractivity contribution < 1.29 is 18.7 Å². The molecule has 1 aromatic carbocycles. The molecule has 0 aliphatic heterocycles. The molecule has 3 rings (SSSR count). The van der Waals surface area contributed by atoms with Crippen LogP contribution in [0.15, 0.2) is 42.7 Å². The number of aryl methyl sites for hydroxylation is 1. The number of fused-ring (bicyclic) bond motifs is 3. The van der Waals surface area contributed by atoms with E-state index < -0.39 is 22.8 Å². The third-order valence-electron chi connectivity index (χ3n) is 3.01. The summed E-state index contributed by atoms with van der Waals surface area (Å²) in [6.45, 7) is 1.71. The molecule has 0 aliphatic rings. The lowest BCUT2D eigenvalue weighted by atomic mass is 10.1. The van der Waals surface area contributed by atoms with Gasteiger partial charge in [-0.05, 0) is 24.6 Å². The molecule has 100 valence electrons. The Morgan fingerprint density at radius 1 is 1.15 bits per heavy atom. The number of aromatic carboxylic acids is 1. The lowest BCUT2D eigenvalue weighted by Gasteiger charge is -2.06. The maximum atomic E-state index is 12.0. The molecule has 6 heteroatoms. The lowest BCUT2D eigenvalue weighted by Crippen LogP contribution is -2.23. The summed E-state index contributed by atoms with van der Waals surface area (Å²) in [5, 5.41) is 11.4. The topological polar surface area (TPSA) is 101 Å². The van der Waals surface area contributed by atoms with E-state index in [1.54, 1.807) is 13.0 Å². The van der Waals surface area contributed by atoms with Crippen LogP contribution in [-0.4, -0.2) is 5.97 Å². The number of carboxylic acids is 1. The van der Waals surface area contributed by atoms with Crippen LogP contribution in [0, 0.1) is 6.92 Å². The van der Waals surface area contributed by atoms with E-state index in [1.165, 1.54) is 12.1 Å². The van der Waals surface area contributed by atoms with Gasteiger partial charge in [-0.25, -0.2) is 4.79 Å². The standard InChI is InChI=1S/C14H8O6/c1-6-4-11(16)20-13-7(6)2-3-9-12(13)8(15)5-10(19-9)14(17)18/h2-5H,1H3,(H,17,18)/p-1. The van der Waals surface area contributed by atoms with E-state index >= 15 is 0 Å². The first kappa shape index (κ1) is 12.2. The number of carbonyl (C=O) groups excluding carboxylic acids is 1. The monoisotopic (exact) mass is 271 g/mol. The van der Waals surface area contributed by atoms with Crippen LogP contribution < -0.4 is 16.2 Å². The second-order valence-electron chi connectivity index (χ2n) is 4.33. The molecular formula is C14H7O6-. The number of benzene rings is 1. The maximum Gasteiger partial charge on any atom is 0.336 e. The summed E-state index contributed by atoms with van der Waals surface area (Å²) in [6, 6.07) is 5.17. The average molecular weight is 271 g/mol. The molecule has 0 amide bonds. The molecule has 0 saturated heterocycles. The largest absolute Gasteiger partial charge is 0.542 e. The molecule has 0 N–H and O–H groups in total. The third-order valence-corrected chi connectivity index (χ3v) is 3.01. The highest BCUT2D eigenvalue weighted by Gasteiger charge is 2.13. The second kappa shape index (κ2) is 4.06. The minimum Gasteiger partial charge on any atom is -0.542 e. The Kier molecular flexibility index (Phi) is 2.47. The van der Waals surface area contributed by atoms with Gasteiger partial charge < -0.3 is 18.7 Å². The van der Waals surface area contributed by atoms with E-state index in [4.69, 9.17) is 8.83 Å². The van der Waals surface area contributed by atoms with Gasteiger partial charge in [-0.2, -0.15) is 0 Å². The Hall–Kier alpha value is -2.89. The molecule has 0 fully saturated rings. The molecule has 0 saturated carbocycles. The number of hydrogen-bond acceptors (Lipinski definition) is 6. The van der Waals surface area contributed by atoms with E-state index in [0.717, 1.165) is 6.07 Å². The van der Waals surface area contributed by atoms with Gasteiger partial charge in [-0.15, -0.1) is 0 Å². The van der Waals surface area contributed by atoms with Crippen molar-refractivity contribution in [2.75, 3.05) is 0 Å². The molecule has 2 aromatic heterocycles. The maximum absolute atomic E-state index is 12.0. The van der Waals surface area contributed by atoms with Crippen molar-refractivity contribution in [1.82, 2.24) is 0 Å². The molecule has 0 atom stereocenters. The highest BCUT2D eigenvalue weighted by molar-refractivity contribution is 6.03. The smallest absolute Gasteiger partial charge is 0.336 e. The molecule has 20 heavy (non-hydrogen) atoms. The fourth-order valence-electron chi connectivity index (χ4n) is 2.12. The first-order valence-corrected chi connectivity index (χ1v) is 5.70. The summed E-state index contributed by atoms with van der Waals surface area (Å²) in [4.78, 5) is 34.2. The van der Waals surface area contributed by atoms with Gasteiger partial charge in [0.15, 0.2) is 16.8 Å². The SMILES string of the molecule is Cc1cc(=O)oc2c1ccc1oc(C(=O)[O-])cc(=O)c12. The lowest BCUT2D eigenvalue weighted by molar-refractivity contribution is -0.257. The van der Waals surface area contributed by atoms with Gasteiger partial charge in [-0.3, -0.25) is 4.79 Å². The zero-order valence-electron chi connectivity index (χ0n) is 10.3. The molecule has 3 aromatic rings. The third kappa shape index (κ3) is 1.70. The van der Waals surface area contributed by atoms with Crippen LogP contribution in [-0.2, 0) is 0 Å². The highest BCUT2D eigenvalue weighted by Crippen LogP contribution is 2.24. The van der Waals surface area contributed by atoms with Crippen LogP contribution in [0.1, 0.15) is 16.1 Å². The fourth-order valence-corrected chi connectivity index (χ4v) is 2.12. The normalized spacial score (nSPS) is 11.1. The van der Waals surface area contributed by atoms with Gasteiger partial charge in [0, 0.05) is 17.5 Å². The number of carbonyl (C=O) groups is 1. The predicted octanol–water partition coefficient (Wildman–Crippen LogP) is 0.571. The quantitative estimate of drug-likeness (QED) is 0.473. The summed E-state index contributed by atoms with van der Waals surface area (Å²) in [5.41, 5.74) is -0.429. The van der Waals surface area contributed by atoms with E-state index in [0.29, 0.717) is 10.9 Å². The van der Waals surface area contributed by atoms with Crippen LogP contribution in [0.3, 0.4) is 0 Å². The van der Waals surface area contributed by atoms with Crippen LogP contribution in [0.4, 0.5) is 0 Å². The summed E-state index contributed by atoms with van der Waals surface area (Å²) in [7, 11) is 0. The van der Waals surface area contributed by atoms with Crippen molar-refractivity contribution in [1.29, 1.82) is 0 Å². The molecule has 6 nitrogen and oxygen atoms in total. The van der Waals surface area contributed by atoms with E-state index in [9.17, 15) is 19.5 Å².